The molecule has 7 N–H and O–H groups in total. The smallest absolute Gasteiger partial charge is 0.237 e. The van der Waals surface area contributed by atoms with Crippen molar-refractivity contribution in [1.82, 2.24) is 5.32 Å². The highest BCUT2D eigenvalue weighted by Gasteiger charge is 2.16. The van der Waals surface area contributed by atoms with Crippen LogP contribution in [-0.2, 0) is 4.79 Å². The largest absolute Gasteiger partial charge is 0.491 e. The average molecular weight is 349 g/mol. The van der Waals surface area contributed by atoms with Crippen LogP contribution in [0, 0.1) is 13.8 Å². The molecule has 0 fully saturated rings. The highest BCUT2D eigenvalue weighted by atomic mass is 16.5. The first-order valence-electron chi connectivity index (χ1n) is 8.61. The van der Waals surface area contributed by atoms with E-state index in [1.54, 1.807) is 0 Å². The van der Waals surface area contributed by atoms with E-state index in [4.69, 9.17) is 21.9 Å². The Hall–Kier alpha value is -2.28. The monoisotopic (exact) mass is 349 g/mol. The number of hydrogen-bond donors (Lipinski definition) is 4. The van der Waals surface area contributed by atoms with Crippen molar-refractivity contribution in [3.63, 3.8) is 0 Å². The molecule has 25 heavy (non-hydrogen) atoms. The van der Waals surface area contributed by atoms with E-state index in [0.29, 0.717) is 19.6 Å². The summed E-state index contributed by atoms with van der Waals surface area (Å²) in [6, 6.07) is 5.34. The molecule has 0 aliphatic carbocycles. The van der Waals surface area contributed by atoms with Crippen molar-refractivity contribution in [3.05, 3.63) is 29.3 Å². The number of ether oxygens (including phenoxy) is 1. The molecule has 0 radical (unpaired) electrons. The first-order valence-corrected chi connectivity index (χ1v) is 8.61. The van der Waals surface area contributed by atoms with Gasteiger partial charge < -0.3 is 27.3 Å². The second kappa shape index (κ2) is 10.6. The van der Waals surface area contributed by atoms with E-state index in [9.17, 15) is 4.79 Å². The number of benzene rings is 1. The summed E-state index contributed by atoms with van der Waals surface area (Å²) in [6.45, 7) is 6.86. The summed E-state index contributed by atoms with van der Waals surface area (Å²) in [5.74, 6) is 0.784. The predicted molar refractivity (Wildman–Crippen MR) is 102 cm³/mol. The Morgan fingerprint density at radius 1 is 1.24 bits per heavy atom. The summed E-state index contributed by atoms with van der Waals surface area (Å²) in [5.41, 5.74) is 18.6. The maximum absolute atomic E-state index is 12.1. The van der Waals surface area contributed by atoms with Crippen LogP contribution in [-0.4, -0.2) is 37.1 Å². The molecule has 0 saturated carbocycles. The van der Waals surface area contributed by atoms with Crippen molar-refractivity contribution in [3.8, 4) is 5.75 Å². The number of aryl methyl sites for hydroxylation is 2. The molecule has 0 bridgehead atoms. The summed E-state index contributed by atoms with van der Waals surface area (Å²) in [7, 11) is 0. The lowest BCUT2D eigenvalue weighted by molar-refractivity contribution is -0.123. The molecule has 0 spiro atoms. The molecule has 0 aromatic heterocycles. The maximum Gasteiger partial charge on any atom is 0.237 e. The van der Waals surface area contributed by atoms with Crippen LogP contribution >= 0.6 is 0 Å². The van der Waals surface area contributed by atoms with Crippen molar-refractivity contribution in [2.45, 2.75) is 52.1 Å². The molecule has 7 heteroatoms. The summed E-state index contributed by atoms with van der Waals surface area (Å²) in [4.78, 5) is 16.0. The number of guanidine groups is 1. The topological polar surface area (TPSA) is 129 Å². The van der Waals surface area contributed by atoms with Crippen LogP contribution in [0.4, 0.5) is 0 Å². The van der Waals surface area contributed by atoms with Gasteiger partial charge in [-0.25, -0.2) is 0 Å². The molecule has 1 amide bonds. The van der Waals surface area contributed by atoms with Gasteiger partial charge in [-0.1, -0.05) is 18.2 Å². The Morgan fingerprint density at radius 2 is 1.88 bits per heavy atom. The lowest BCUT2D eigenvalue weighted by atomic mass is 10.1. The van der Waals surface area contributed by atoms with Gasteiger partial charge in [0.05, 0.1) is 12.1 Å². The fraction of sp³-hybridized carbons (Fsp3) is 0.556. The lowest BCUT2D eigenvalue weighted by Crippen LogP contribution is -2.46. The van der Waals surface area contributed by atoms with E-state index in [1.807, 2.05) is 39.0 Å². The van der Waals surface area contributed by atoms with Gasteiger partial charge in [0.15, 0.2) is 5.96 Å². The van der Waals surface area contributed by atoms with Crippen LogP contribution in [0.1, 0.15) is 37.3 Å². The van der Waals surface area contributed by atoms with Gasteiger partial charge in [-0.3, -0.25) is 9.79 Å². The van der Waals surface area contributed by atoms with Crippen LogP contribution in [0.2, 0.25) is 0 Å². The van der Waals surface area contributed by atoms with Crippen molar-refractivity contribution >= 4 is 11.9 Å². The quantitative estimate of drug-likeness (QED) is 0.284. The normalized spacial score (nSPS) is 13.0. The molecule has 1 aromatic carbocycles. The molecule has 0 saturated heterocycles. The number of hydrogen-bond acceptors (Lipinski definition) is 4. The van der Waals surface area contributed by atoms with E-state index in [-0.39, 0.29) is 17.9 Å². The number of nitrogens with two attached hydrogens (primary N) is 3. The highest BCUT2D eigenvalue weighted by molar-refractivity contribution is 5.81. The Balaban J connectivity index is 2.32. The third-order valence-electron chi connectivity index (χ3n) is 3.83. The van der Waals surface area contributed by atoms with Crippen LogP contribution in [0.3, 0.4) is 0 Å². The Kier molecular flexibility index (Phi) is 8.77. The second-order valence-corrected chi connectivity index (χ2v) is 6.35. The van der Waals surface area contributed by atoms with E-state index in [0.717, 1.165) is 29.7 Å². The van der Waals surface area contributed by atoms with E-state index < -0.39 is 6.04 Å². The number of nitrogens with one attached hydrogen (secondary N) is 1. The van der Waals surface area contributed by atoms with E-state index in [1.165, 1.54) is 0 Å². The van der Waals surface area contributed by atoms with Crippen molar-refractivity contribution in [2.75, 3.05) is 13.2 Å². The second-order valence-electron chi connectivity index (χ2n) is 6.35. The SMILES string of the molecule is Cc1cccc(C)c1OC[C@H](C)NC(=O)C(N)CCCCN=C(N)N. The number of para-hydroxylation sites is 1. The zero-order valence-electron chi connectivity index (χ0n) is 15.4. The Labute approximate surface area is 150 Å². The molecule has 0 aliphatic rings. The zero-order valence-corrected chi connectivity index (χ0v) is 15.4. The molecule has 2 atom stereocenters. The number of aliphatic imine (C=N–C) groups is 1. The van der Waals surface area contributed by atoms with Gasteiger partial charge in [-0.05, 0) is 51.2 Å². The number of carbonyl (C=O) groups is 1. The van der Waals surface area contributed by atoms with Crippen LogP contribution in [0.25, 0.3) is 0 Å². The Bertz CT molecular complexity index is 565. The molecule has 7 nitrogen and oxygen atoms in total. The van der Waals surface area contributed by atoms with Gasteiger partial charge in [0.2, 0.25) is 5.91 Å². The zero-order chi connectivity index (χ0) is 18.8. The predicted octanol–water partition coefficient (Wildman–Crippen LogP) is 0.958. The minimum absolute atomic E-state index is 0.0831. The van der Waals surface area contributed by atoms with Gasteiger partial charge in [-0.2, -0.15) is 0 Å². The number of unbranched alkanes of at least 4 members (excludes halogenated alkanes) is 1. The summed E-state index contributed by atoms with van der Waals surface area (Å²) >= 11 is 0. The molecule has 1 unspecified atom stereocenters. The summed E-state index contributed by atoms with van der Waals surface area (Å²) in [5, 5.41) is 2.89. The molecule has 0 heterocycles. The van der Waals surface area contributed by atoms with E-state index >= 15 is 0 Å². The number of nitrogens with zero attached hydrogens (tertiary/aromatic N) is 1. The molecule has 140 valence electrons. The van der Waals surface area contributed by atoms with Gasteiger partial charge in [0, 0.05) is 6.54 Å². The molecule has 1 aromatic rings. The van der Waals surface area contributed by atoms with E-state index in [2.05, 4.69) is 10.3 Å². The summed E-state index contributed by atoms with van der Waals surface area (Å²) < 4.78 is 5.85. The van der Waals surface area contributed by atoms with Gasteiger partial charge in [0.25, 0.3) is 0 Å². The van der Waals surface area contributed by atoms with Crippen molar-refractivity contribution in [2.24, 2.45) is 22.2 Å². The molecule has 1 rings (SSSR count). The Morgan fingerprint density at radius 3 is 2.48 bits per heavy atom. The minimum Gasteiger partial charge on any atom is -0.491 e. The van der Waals surface area contributed by atoms with Crippen LogP contribution in [0.15, 0.2) is 23.2 Å². The fourth-order valence-electron chi connectivity index (χ4n) is 2.44. The van der Waals surface area contributed by atoms with Crippen molar-refractivity contribution in [1.29, 1.82) is 0 Å². The summed E-state index contributed by atoms with van der Waals surface area (Å²) in [6.07, 6.45) is 2.18. The lowest BCUT2D eigenvalue weighted by Gasteiger charge is -2.19. The standard InChI is InChI=1S/C18H31N5O2/c1-12-7-6-8-13(2)16(12)25-11-14(3)23-17(24)15(19)9-4-5-10-22-18(20)21/h6-8,14-15H,4-5,9-11,19H2,1-3H3,(H,23,24)(H4,20,21,22)/t14-,15?/m0/s1. The highest BCUT2D eigenvalue weighted by Crippen LogP contribution is 2.22. The van der Waals surface area contributed by atoms with Gasteiger partial charge in [0.1, 0.15) is 12.4 Å². The third kappa shape index (κ3) is 7.89. The minimum atomic E-state index is -0.540. The van der Waals surface area contributed by atoms with Crippen LogP contribution in [0.5, 0.6) is 5.75 Å². The first kappa shape index (κ1) is 20.8. The fourth-order valence-corrected chi connectivity index (χ4v) is 2.44. The van der Waals surface area contributed by atoms with Gasteiger partial charge >= 0.3 is 0 Å². The molecular formula is C18H31N5O2. The third-order valence-corrected chi connectivity index (χ3v) is 3.83. The molecule has 0 aliphatic heterocycles. The molecular weight excluding hydrogens is 318 g/mol. The van der Waals surface area contributed by atoms with Crippen LogP contribution < -0.4 is 27.3 Å². The van der Waals surface area contributed by atoms with Crippen molar-refractivity contribution < 1.29 is 9.53 Å². The number of amides is 1. The van der Waals surface area contributed by atoms with Gasteiger partial charge in [-0.15, -0.1) is 0 Å². The first-order chi connectivity index (χ1) is 11.8. The number of carbonyl (C=O) groups excluding carboxylic acids is 1. The average Bonchev–Trinajstić information content (AvgIpc) is 2.53. The maximum atomic E-state index is 12.1. The number of rotatable bonds is 10.